The third-order valence-corrected chi connectivity index (χ3v) is 1.73. The molecule has 2 rings (SSSR count). The molecular formula is C9H9NO3. The second-order valence-corrected chi connectivity index (χ2v) is 2.78. The normalized spacial score (nSPS) is 14.5. The van der Waals surface area contributed by atoms with Crippen LogP contribution in [-0.4, -0.2) is 12.2 Å². The molecular weight excluding hydrogens is 170 g/mol. The number of nitrogens with two attached hydrogens (primary N) is 1. The molecule has 1 aromatic carbocycles. The van der Waals surface area contributed by atoms with Crippen molar-refractivity contribution in [2.24, 2.45) is 5.73 Å². The van der Waals surface area contributed by atoms with E-state index < -0.39 is 12.2 Å². The van der Waals surface area contributed by atoms with Gasteiger partial charge >= 0.3 is 0 Å². The standard InChI is InChI=1S/C9H9NO3/c10-8(11)5-9-12-6-3-1-2-4-7(6)13-9/h1-4,9H,5H2,(H2,10,11). The Hall–Kier alpha value is -1.71. The molecule has 4 heteroatoms. The van der Waals surface area contributed by atoms with Gasteiger partial charge in [-0.1, -0.05) is 12.1 Å². The summed E-state index contributed by atoms with van der Waals surface area (Å²) in [4.78, 5) is 10.6. The monoisotopic (exact) mass is 179 g/mol. The van der Waals surface area contributed by atoms with E-state index in [1.54, 1.807) is 12.1 Å². The summed E-state index contributed by atoms with van der Waals surface area (Å²) >= 11 is 0. The van der Waals surface area contributed by atoms with Gasteiger partial charge < -0.3 is 15.2 Å². The van der Waals surface area contributed by atoms with E-state index in [9.17, 15) is 4.79 Å². The van der Waals surface area contributed by atoms with Crippen molar-refractivity contribution in [3.8, 4) is 11.5 Å². The summed E-state index contributed by atoms with van der Waals surface area (Å²) in [5.41, 5.74) is 5.01. The molecule has 4 nitrogen and oxygen atoms in total. The predicted octanol–water partition coefficient (Wildman–Crippen LogP) is 0.659. The van der Waals surface area contributed by atoms with Crippen LogP contribution in [-0.2, 0) is 4.79 Å². The lowest BCUT2D eigenvalue weighted by atomic mass is 10.3. The van der Waals surface area contributed by atoms with Gasteiger partial charge in [0.1, 0.15) is 6.42 Å². The van der Waals surface area contributed by atoms with Crippen LogP contribution in [0.25, 0.3) is 0 Å². The van der Waals surface area contributed by atoms with E-state index in [1.165, 1.54) is 0 Å². The Morgan fingerprint density at radius 3 is 2.31 bits per heavy atom. The van der Waals surface area contributed by atoms with Crippen LogP contribution < -0.4 is 15.2 Å². The van der Waals surface area contributed by atoms with Gasteiger partial charge in [-0.25, -0.2) is 0 Å². The zero-order valence-corrected chi connectivity index (χ0v) is 6.90. The van der Waals surface area contributed by atoms with E-state index in [1.807, 2.05) is 12.1 Å². The minimum Gasteiger partial charge on any atom is -0.450 e. The molecule has 68 valence electrons. The number of carbonyl (C=O) groups is 1. The van der Waals surface area contributed by atoms with E-state index in [2.05, 4.69) is 0 Å². The van der Waals surface area contributed by atoms with Gasteiger partial charge in [0.2, 0.25) is 12.2 Å². The van der Waals surface area contributed by atoms with Gasteiger partial charge in [0.25, 0.3) is 0 Å². The number of hydrogen-bond acceptors (Lipinski definition) is 3. The number of para-hydroxylation sites is 2. The van der Waals surface area contributed by atoms with Crippen LogP contribution in [0.5, 0.6) is 11.5 Å². The van der Waals surface area contributed by atoms with E-state index in [4.69, 9.17) is 15.2 Å². The third kappa shape index (κ3) is 1.56. The fourth-order valence-electron chi connectivity index (χ4n) is 1.20. The number of fused-ring (bicyclic) bond motifs is 1. The summed E-state index contributed by atoms with van der Waals surface area (Å²) in [5.74, 6) is 0.889. The molecule has 0 unspecified atom stereocenters. The van der Waals surface area contributed by atoms with Gasteiger partial charge in [-0.2, -0.15) is 0 Å². The second kappa shape index (κ2) is 2.97. The highest BCUT2D eigenvalue weighted by Gasteiger charge is 2.24. The summed E-state index contributed by atoms with van der Waals surface area (Å²) in [6.07, 6.45) is -0.482. The van der Waals surface area contributed by atoms with Crippen LogP contribution in [0.3, 0.4) is 0 Å². The molecule has 0 spiro atoms. The number of benzene rings is 1. The molecule has 0 bridgehead atoms. The van der Waals surface area contributed by atoms with E-state index in [-0.39, 0.29) is 6.42 Å². The SMILES string of the molecule is NC(=O)CC1Oc2ccccc2O1. The summed E-state index contributed by atoms with van der Waals surface area (Å²) in [5, 5.41) is 0. The Balaban J connectivity index is 2.09. The lowest BCUT2D eigenvalue weighted by Gasteiger charge is -2.06. The van der Waals surface area contributed by atoms with Crippen LogP contribution in [0.1, 0.15) is 6.42 Å². The maximum absolute atomic E-state index is 10.6. The fourth-order valence-corrected chi connectivity index (χ4v) is 1.20. The molecule has 1 aliphatic heterocycles. The summed E-state index contributed by atoms with van der Waals surface area (Å²) in [7, 11) is 0. The molecule has 0 aliphatic carbocycles. The van der Waals surface area contributed by atoms with Gasteiger partial charge in [-0.3, -0.25) is 4.79 Å². The maximum atomic E-state index is 10.6. The quantitative estimate of drug-likeness (QED) is 0.725. The van der Waals surface area contributed by atoms with Crippen molar-refractivity contribution in [2.75, 3.05) is 0 Å². The van der Waals surface area contributed by atoms with Crippen LogP contribution in [0.2, 0.25) is 0 Å². The van der Waals surface area contributed by atoms with Crippen molar-refractivity contribution in [1.29, 1.82) is 0 Å². The lowest BCUT2D eigenvalue weighted by molar-refractivity contribution is -0.122. The minimum absolute atomic E-state index is 0.0781. The summed E-state index contributed by atoms with van der Waals surface area (Å²) < 4.78 is 10.6. The van der Waals surface area contributed by atoms with Crippen LogP contribution in [0.15, 0.2) is 24.3 Å². The molecule has 1 aromatic rings. The zero-order chi connectivity index (χ0) is 9.26. The first-order valence-corrected chi connectivity index (χ1v) is 3.96. The maximum Gasteiger partial charge on any atom is 0.250 e. The average molecular weight is 179 g/mol. The topological polar surface area (TPSA) is 61.6 Å². The Morgan fingerprint density at radius 1 is 1.31 bits per heavy atom. The van der Waals surface area contributed by atoms with Crippen LogP contribution in [0, 0.1) is 0 Å². The van der Waals surface area contributed by atoms with Crippen molar-refractivity contribution < 1.29 is 14.3 Å². The van der Waals surface area contributed by atoms with Crippen LogP contribution >= 0.6 is 0 Å². The molecule has 0 atom stereocenters. The lowest BCUT2D eigenvalue weighted by Crippen LogP contribution is -2.26. The van der Waals surface area contributed by atoms with E-state index in [0.29, 0.717) is 11.5 Å². The van der Waals surface area contributed by atoms with Crippen molar-refractivity contribution in [2.45, 2.75) is 12.7 Å². The van der Waals surface area contributed by atoms with E-state index >= 15 is 0 Å². The molecule has 0 saturated carbocycles. The van der Waals surface area contributed by atoms with Crippen molar-refractivity contribution >= 4 is 5.91 Å². The molecule has 13 heavy (non-hydrogen) atoms. The molecule has 1 amide bonds. The van der Waals surface area contributed by atoms with Crippen molar-refractivity contribution in [1.82, 2.24) is 0 Å². The Kier molecular flexibility index (Phi) is 1.81. The second-order valence-electron chi connectivity index (χ2n) is 2.78. The molecule has 2 N–H and O–H groups in total. The number of rotatable bonds is 2. The zero-order valence-electron chi connectivity index (χ0n) is 6.90. The predicted molar refractivity (Wildman–Crippen MR) is 45.3 cm³/mol. The third-order valence-electron chi connectivity index (χ3n) is 1.73. The molecule has 1 aliphatic rings. The first kappa shape index (κ1) is 7.91. The Labute approximate surface area is 75.2 Å². The minimum atomic E-state index is -0.560. The van der Waals surface area contributed by atoms with Gasteiger partial charge in [0.15, 0.2) is 11.5 Å². The molecule has 0 fully saturated rings. The Bertz CT molecular complexity index is 312. The van der Waals surface area contributed by atoms with Gasteiger partial charge in [0.05, 0.1) is 0 Å². The molecule has 0 radical (unpaired) electrons. The summed E-state index contributed by atoms with van der Waals surface area (Å²) in [6.45, 7) is 0. The number of primary amides is 1. The highest BCUT2D eigenvalue weighted by Crippen LogP contribution is 2.34. The number of amides is 1. The molecule has 0 aromatic heterocycles. The largest absolute Gasteiger partial charge is 0.450 e. The average Bonchev–Trinajstić information content (AvgIpc) is 2.44. The first-order valence-electron chi connectivity index (χ1n) is 3.96. The molecule has 0 saturated heterocycles. The smallest absolute Gasteiger partial charge is 0.250 e. The number of ether oxygens (including phenoxy) is 2. The highest BCUT2D eigenvalue weighted by molar-refractivity contribution is 5.74. The van der Waals surface area contributed by atoms with Crippen molar-refractivity contribution in [3.05, 3.63) is 24.3 Å². The van der Waals surface area contributed by atoms with E-state index in [0.717, 1.165) is 0 Å². The number of carbonyl (C=O) groups excluding carboxylic acids is 1. The van der Waals surface area contributed by atoms with Gasteiger partial charge in [-0.05, 0) is 12.1 Å². The fraction of sp³-hybridized carbons (Fsp3) is 0.222. The number of hydrogen-bond donors (Lipinski definition) is 1. The summed E-state index contributed by atoms with van der Waals surface area (Å²) in [6, 6.07) is 7.26. The molecule has 1 heterocycles. The van der Waals surface area contributed by atoms with Gasteiger partial charge in [-0.15, -0.1) is 0 Å². The van der Waals surface area contributed by atoms with Crippen LogP contribution in [0.4, 0.5) is 0 Å². The first-order chi connectivity index (χ1) is 6.25. The van der Waals surface area contributed by atoms with Crippen molar-refractivity contribution in [3.63, 3.8) is 0 Å². The van der Waals surface area contributed by atoms with Gasteiger partial charge in [0, 0.05) is 0 Å². The highest BCUT2D eigenvalue weighted by atomic mass is 16.7. The Morgan fingerprint density at radius 2 is 1.85 bits per heavy atom.